The van der Waals surface area contributed by atoms with Crippen molar-refractivity contribution in [2.45, 2.75) is 6.18 Å². The van der Waals surface area contributed by atoms with Crippen LogP contribution in [0.5, 0.6) is 0 Å². The van der Waals surface area contributed by atoms with Crippen molar-refractivity contribution in [3.63, 3.8) is 0 Å². The average molecular weight is 262 g/mol. The molecule has 1 aromatic rings. The molecule has 0 unspecified atom stereocenters. The number of thiophene rings is 1. The normalized spacial score (nSPS) is 10.6. The van der Waals surface area contributed by atoms with Crippen molar-refractivity contribution in [3.8, 4) is 11.8 Å². The van der Waals surface area contributed by atoms with E-state index in [1.807, 2.05) is 0 Å². The van der Waals surface area contributed by atoms with Gasteiger partial charge in [0, 0.05) is 5.56 Å². The fourth-order valence-corrected chi connectivity index (χ4v) is 1.76. The summed E-state index contributed by atoms with van der Waals surface area (Å²) >= 11 is 1.04. The van der Waals surface area contributed by atoms with Crippen molar-refractivity contribution >= 4 is 17.2 Å². The number of carbonyl (C=O) groups is 1. The van der Waals surface area contributed by atoms with Crippen molar-refractivity contribution in [1.82, 2.24) is 5.32 Å². The Balaban J connectivity index is 2.73. The molecule has 3 nitrogen and oxygen atoms in total. The highest BCUT2D eigenvalue weighted by atomic mass is 32.1. The molecule has 0 saturated carbocycles. The van der Waals surface area contributed by atoms with Crippen LogP contribution in [0.4, 0.5) is 13.2 Å². The van der Waals surface area contributed by atoms with Crippen molar-refractivity contribution in [3.05, 3.63) is 21.9 Å². The van der Waals surface area contributed by atoms with Crippen LogP contribution in [0.2, 0.25) is 0 Å². The molecule has 0 radical (unpaired) electrons. The van der Waals surface area contributed by atoms with Gasteiger partial charge < -0.3 is 11.1 Å². The summed E-state index contributed by atoms with van der Waals surface area (Å²) in [5.74, 6) is 4.39. The van der Waals surface area contributed by atoms with E-state index >= 15 is 0 Å². The molecule has 0 aromatic carbocycles. The van der Waals surface area contributed by atoms with Gasteiger partial charge in [0.15, 0.2) is 0 Å². The minimum atomic E-state index is -4.42. The number of amides is 1. The zero-order valence-electron chi connectivity index (χ0n) is 8.60. The highest BCUT2D eigenvalue weighted by Gasteiger charge is 2.28. The Morgan fingerprint density at radius 3 is 2.82 bits per heavy atom. The number of alkyl halides is 3. The third-order valence-corrected chi connectivity index (χ3v) is 2.56. The largest absolute Gasteiger partial charge is 0.405 e. The van der Waals surface area contributed by atoms with Crippen LogP contribution in [-0.2, 0) is 0 Å². The topological polar surface area (TPSA) is 55.1 Å². The Morgan fingerprint density at radius 1 is 1.53 bits per heavy atom. The van der Waals surface area contributed by atoms with Crippen molar-refractivity contribution in [2.24, 2.45) is 5.73 Å². The molecule has 7 heteroatoms. The van der Waals surface area contributed by atoms with Gasteiger partial charge >= 0.3 is 6.18 Å². The zero-order valence-corrected chi connectivity index (χ0v) is 9.41. The van der Waals surface area contributed by atoms with Crippen LogP contribution in [-0.4, -0.2) is 25.2 Å². The van der Waals surface area contributed by atoms with Gasteiger partial charge in [0.05, 0.1) is 6.54 Å². The van der Waals surface area contributed by atoms with Gasteiger partial charge in [-0.15, -0.1) is 11.3 Å². The van der Waals surface area contributed by atoms with Crippen molar-refractivity contribution in [2.75, 3.05) is 13.1 Å². The zero-order chi connectivity index (χ0) is 12.9. The second-order valence-corrected chi connectivity index (χ2v) is 3.88. The standard InChI is InChI=1S/C10H9F3N2OS/c11-10(12,13)6-15-9(16)8-7(2-1-4-14)3-5-17-8/h3,5H,4,6,14H2,(H,15,16). The van der Waals surface area contributed by atoms with E-state index in [9.17, 15) is 18.0 Å². The summed E-state index contributed by atoms with van der Waals surface area (Å²) in [6.45, 7) is -1.23. The molecule has 0 aliphatic carbocycles. The minimum absolute atomic E-state index is 0.124. The molecule has 0 saturated heterocycles. The molecule has 0 atom stereocenters. The first-order valence-electron chi connectivity index (χ1n) is 4.55. The van der Waals surface area contributed by atoms with E-state index in [1.54, 1.807) is 16.8 Å². The van der Waals surface area contributed by atoms with Gasteiger partial charge in [-0.05, 0) is 11.4 Å². The first kappa shape index (κ1) is 13.5. The second-order valence-electron chi connectivity index (χ2n) is 2.97. The molecule has 1 heterocycles. The van der Waals surface area contributed by atoms with Gasteiger partial charge in [0.2, 0.25) is 0 Å². The predicted molar refractivity (Wildman–Crippen MR) is 58.6 cm³/mol. The van der Waals surface area contributed by atoms with Crippen molar-refractivity contribution in [1.29, 1.82) is 0 Å². The van der Waals surface area contributed by atoms with E-state index in [4.69, 9.17) is 5.73 Å². The monoisotopic (exact) mass is 262 g/mol. The van der Waals surface area contributed by atoms with E-state index < -0.39 is 18.6 Å². The summed E-state index contributed by atoms with van der Waals surface area (Å²) in [6.07, 6.45) is -4.42. The molecule has 1 aromatic heterocycles. The Labute approximate surface area is 99.8 Å². The average Bonchev–Trinajstić information content (AvgIpc) is 2.70. The van der Waals surface area contributed by atoms with Crippen LogP contribution in [0.25, 0.3) is 0 Å². The molecule has 0 aliphatic rings. The van der Waals surface area contributed by atoms with Gasteiger partial charge in [-0.1, -0.05) is 11.8 Å². The third-order valence-electron chi connectivity index (χ3n) is 1.65. The molecule has 0 spiro atoms. The van der Waals surface area contributed by atoms with Gasteiger partial charge in [-0.2, -0.15) is 13.2 Å². The fourth-order valence-electron chi connectivity index (χ4n) is 0.991. The smallest absolute Gasteiger partial charge is 0.342 e. The lowest BCUT2D eigenvalue weighted by molar-refractivity contribution is -0.123. The highest BCUT2D eigenvalue weighted by molar-refractivity contribution is 7.12. The van der Waals surface area contributed by atoms with Crippen LogP contribution in [0, 0.1) is 11.8 Å². The Kier molecular flexibility index (Phi) is 4.54. The van der Waals surface area contributed by atoms with Crippen LogP contribution in [0.15, 0.2) is 11.4 Å². The van der Waals surface area contributed by atoms with E-state index in [0.717, 1.165) is 11.3 Å². The Bertz CT molecular complexity index is 456. The summed E-state index contributed by atoms with van der Waals surface area (Å²) in [5, 5.41) is 3.38. The van der Waals surface area contributed by atoms with E-state index in [2.05, 4.69) is 11.8 Å². The van der Waals surface area contributed by atoms with Gasteiger partial charge in [0.25, 0.3) is 5.91 Å². The Morgan fingerprint density at radius 2 is 2.24 bits per heavy atom. The summed E-state index contributed by atoms with van der Waals surface area (Å²) in [5.41, 5.74) is 5.56. The molecular weight excluding hydrogens is 253 g/mol. The first-order chi connectivity index (χ1) is 7.94. The number of nitrogens with one attached hydrogen (secondary N) is 1. The van der Waals surface area contributed by atoms with E-state index in [-0.39, 0.29) is 11.4 Å². The number of hydrogen-bond donors (Lipinski definition) is 2. The summed E-state index contributed by atoms with van der Waals surface area (Å²) in [7, 11) is 0. The minimum Gasteiger partial charge on any atom is -0.342 e. The fraction of sp³-hybridized carbons (Fsp3) is 0.300. The second kappa shape index (κ2) is 5.70. The molecule has 1 rings (SSSR count). The van der Waals surface area contributed by atoms with E-state index in [1.165, 1.54) is 0 Å². The van der Waals surface area contributed by atoms with Crippen LogP contribution < -0.4 is 11.1 Å². The highest BCUT2D eigenvalue weighted by Crippen LogP contribution is 2.17. The lowest BCUT2D eigenvalue weighted by Crippen LogP contribution is -2.33. The Hall–Kier alpha value is -1.52. The predicted octanol–water partition coefficient (Wildman–Crippen LogP) is 1.35. The van der Waals surface area contributed by atoms with Crippen LogP contribution in [0.3, 0.4) is 0 Å². The van der Waals surface area contributed by atoms with Gasteiger partial charge in [0.1, 0.15) is 11.4 Å². The van der Waals surface area contributed by atoms with Crippen LogP contribution >= 0.6 is 11.3 Å². The van der Waals surface area contributed by atoms with E-state index in [0.29, 0.717) is 5.56 Å². The molecule has 92 valence electrons. The van der Waals surface area contributed by atoms with Crippen molar-refractivity contribution < 1.29 is 18.0 Å². The molecule has 1 amide bonds. The lowest BCUT2D eigenvalue weighted by atomic mass is 10.2. The summed E-state index contributed by atoms with van der Waals surface area (Å²) in [4.78, 5) is 11.6. The van der Waals surface area contributed by atoms with Crippen LogP contribution in [0.1, 0.15) is 15.2 Å². The third kappa shape index (κ3) is 4.46. The number of halogens is 3. The summed E-state index contributed by atoms with van der Waals surface area (Å²) in [6, 6.07) is 1.57. The lowest BCUT2D eigenvalue weighted by Gasteiger charge is -2.07. The molecule has 0 aliphatic heterocycles. The van der Waals surface area contributed by atoms with Gasteiger partial charge in [-0.3, -0.25) is 4.79 Å². The maximum absolute atomic E-state index is 11.9. The number of carbonyl (C=O) groups excluding carboxylic acids is 1. The molecule has 0 bridgehead atoms. The number of rotatable bonds is 2. The maximum atomic E-state index is 11.9. The summed E-state index contributed by atoms with van der Waals surface area (Å²) < 4.78 is 35.7. The number of hydrogen-bond acceptors (Lipinski definition) is 3. The van der Waals surface area contributed by atoms with Gasteiger partial charge in [-0.25, -0.2) is 0 Å². The SMILES string of the molecule is NCC#Cc1ccsc1C(=O)NCC(F)(F)F. The molecule has 3 N–H and O–H groups in total. The number of nitrogens with two attached hydrogens (primary N) is 1. The molecule has 0 fully saturated rings. The molecule has 17 heavy (non-hydrogen) atoms. The first-order valence-corrected chi connectivity index (χ1v) is 5.43. The quantitative estimate of drug-likeness (QED) is 0.790. The molecular formula is C10H9F3N2OS. The maximum Gasteiger partial charge on any atom is 0.405 e.